The van der Waals surface area contributed by atoms with Gasteiger partial charge in [-0.05, 0) is 67.8 Å². The molecule has 0 aliphatic carbocycles. The van der Waals surface area contributed by atoms with Gasteiger partial charge >= 0.3 is 30.6 Å². The fraction of sp³-hybridized carbons (Fsp3) is 0.500. The number of aliphatic carboxylic acids is 1. The van der Waals surface area contributed by atoms with Gasteiger partial charge < -0.3 is 14.7 Å². The fourth-order valence-electron chi connectivity index (χ4n) is 5.01. The summed E-state index contributed by atoms with van der Waals surface area (Å²) in [5, 5.41) is 20.9. The van der Waals surface area contributed by atoms with E-state index in [4.69, 9.17) is 4.74 Å². The highest BCUT2D eigenvalue weighted by atomic mass is 19.4. The van der Waals surface area contributed by atoms with Crippen molar-refractivity contribution in [1.29, 1.82) is 0 Å². The Kier molecular flexibility index (Phi) is 9.62. The van der Waals surface area contributed by atoms with E-state index in [1.807, 2.05) is 0 Å². The van der Waals surface area contributed by atoms with E-state index < -0.39 is 89.3 Å². The molecule has 2 atom stereocenters. The third kappa shape index (κ3) is 7.73. The number of pyridine rings is 1. The van der Waals surface area contributed by atoms with Crippen molar-refractivity contribution < 1.29 is 58.9 Å². The molecule has 0 saturated heterocycles. The maximum atomic E-state index is 13.9. The number of fused-ring (bicyclic) bond motifs is 1. The largest absolute Gasteiger partial charge is 0.481 e. The van der Waals surface area contributed by atoms with Crippen molar-refractivity contribution >= 4 is 23.7 Å². The van der Waals surface area contributed by atoms with Crippen LogP contribution in [0, 0.1) is 5.41 Å². The van der Waals surface area contributed by atoms with Gasteiger partial charge in [-0.2, -0.15) is 44.3 Å². The molecule has 1 aromatic carbocycles. The van der Waals surface area contributed by atoms with Crippen molar-refractivity contribution in [3.8, 4) is 0 Å². The van der Waals surface area contributed by atoms with E-state index in [-0.39, 0.29) is 30.5 Å². The average Bonchev–Trinajstić information content (AvgIpc) is 3.41. The zero-order valence-electron chi connectivity index (χ0n) is 25.6. The number of carbonyl (C=O) groups is 2. The quantitative estimate of drug-likeness (QED) is 0.258. The molecule has 0 fully saturated rings. The molecule has 2 unspecified atom stereocenters. The third-order valence-electron chi connectivity index (χ3n) is 7.56. The van der Waals surface area contributed by atoms with E-state index >= 15 is 0 Å². The summed E-state index contributed by atoms with van der Waals surface area (Å²) in [6.07, 6.45) is -16.6. The predicted molar refractivity (Wildman–Crippen MR) is 147 cm³/mol. The molecule has 1 amide bonds. The predicted octanol–water partition coefficient (Wildman–Crippen LogP) is 6.65. The number of aryl methyl sites for hydroxylation is 1. The van der Waals surface area contributed by atoms with Crippen molar-refractivity contribution in [3.05, 3.63) is 58.4 Å². The second kappa shape index (κ2) is 12.8. The first-order valence-corrected chi connectivity index (χ1v) is 14.1. The molecule has 2 aromatic heterocycles. The lowest BCUT2D eigenvalue weighted by Crippen LogP contribution is -2.49. The van der Waals surface area contributed by atoms with Gasteiger partial charge in [-0.25, -0.2) is 9.78 Å². The SMILES string of the molecule is CCC1CC(N(Cc2cc(C(F)(F)F)cc(C(F)(F)F)c2)c2nnn(C)n2)c2nc(C(F)(F)F)ccc2N1C(=O)OCC(C)(C)C(=O)O. The van der Waals surface area contributed by atoms with E-state index in [2.05, 4.69) is 20.4 Å². The van der Waals surface area contributed by atoms with Crippen LogP contribution < -0.4 is 9.80 Å². The number of carboxylic acid groups (broad SMARTS) is 1. The first kappa shape index (κ1) is 36.2. The summed E-state index contributed by atoms with van der Waals surface area (Å²) in [6, 6.07) is 0.123. The monoisotopic (exact) mass is 697 g/mol. The highest BCUT2D eigenvalue weighted by molar-refractivity contribution is 5.90. The van der Waals surface area contributed by atoms with Gasteiger partial charge in [0.05, 0.1) is 41.0 Å². The highest BCUT2D eigenvalue weighted by Crippen LogP contribution is 2.45. The first-order valence-electron chi connectivity index (χ1n) is 14.1. The van der Waals surface area contributed by atoms with E-state index in [1.165, 1.54) is 20.9 Å². The van der Waals surface area contributed by atoms with Crippen molar-refractivity contribution in [2.24, 2.45) is 12.5 Å². The number of ether oxygens (including phenoxy) is 1. The van der Waals surface area contributed by atoms with E-state index in [0.717, 1.165) is 20.7 Å². The summed E-state index contributed by atoms with van der Waals surface area (Å²) >= 11 is 0. The van der Waals surface area contributed by atoms with Gasteiger partial charge in [0.15, 0.2) is 0 Å². The summed E-state index contributed by atoms with van der Waals surface area (Å²) in [5.41, 5.74) is -7.39. The zero-order valence-corrected chi connectivity index (χ0v) is 25.6. The Bertz CT molecular complexity index is 1640. The van der Waals surface area contributed by atoms with Gasteiger partial charge in [-0.3, -0.25) is 9.69 Å². The molecule has 11 nitrogen and oxygen atoms in total. The Hall–Kier alpha value is -4.65. The maximum Gasteiger partial charge on any atom is 0.433 e. The number of tetrazole rings is 1. The molecule has 262 valence electrons. The number of carboxylic acids is 1. The van der Waals surface area contributed by atoms with Crippen LogP contribution in [0.15, 0.2) is 30.3 Å². The van der Waals surface area contributed by atoms with Crippen molar-refractivity contribution in [2.45, 2.75) is 70.8 Å². The molecule has 20 heteroatoms. The molecule has 0 saturated carbocycles. The summed E-state index contributed by atoms with van der Waals surface area (Å²) in [5.74, 6) is -1.67. The number of anilines is 2. The lowest BCUT2D eigenvalue weighted by molar-refractivity contribution is -0.149. The number of benzene rings is 1. The molecule has 3 heterocycles. The van der Waals surface area contributed by atoms with Crippen LogP contribution in [0.2, 0.25) is 0 Å². The van der Waals surface area contributed by atoms with Gasteiger partial charge in [-0.15, -0.1) is 5.10 Å². The zero-order chi connectivity index (χ0) is 36.0. The number of alkyl halides is 9. The lowest BCUT2D eigenvalue weighted by atomic mass is 9.91. The standard InChI is InChI=1S/C28H28F9N7O4/c1-5-17-11-19(21-18(6-7-20(38-21)28(35,36)37)44(17)24(47)48-13-25(2,3)22(45)46)43(23-39-41-42(4)40-23)12-14-8-15(26(29,30)31)10-16(9-14)27(32,33)34/h6-10,17,19H,5,11-13H2,1-4H3,(H,45,46). The van der Waals surface area contributed by atoms with Crippen molar-refractivity contribution in [3.63, 3.8) is 0 Å². The minimum Gasteiger partial charge on any atom is -0.481 e. The first-order chi connectivity index (χ1) is 22.0. The van der Waals surface area contributed by atoms with Gasteiger partial charge in [0.25, 0.3) is 5.95 Å². The van der Waals surface area contributed by atoms with Crippen LogP contribution in [0.25, 0.3) is 0 Å². The van der Waals surface area contributed by atoms with Crippen LogP contribution >= 0.6 is 0 Å². The number of carbonyl (C=O) groups excluding carboxylic acids is 1. The molecule has 1 N–H and O–H groups in total. The molecule has 1 aliphatic rings. The van der Waals surface area contributed by atoms with E-state index in [1.54, 1.807) is 6.92 Å². The van der Waals surface area contributed by atoms with Crippen LogP contribution in [-0.2, 0) is 41.7 Å². The maximum absolute atomic E-state index is 13.9. The average molecular weight is 698 g/mol. The number of rotatable bonds is 8. The Morgan fingerprint density at radius 3 is 2.06 bits per heavy atom. The minimum atomic E-state index is -5.18. The van der Waals surface area contributed by atoms with Crippen molar-refractivity contribution in [1.82, 2.24) is 25.2 Å². The summed E-state index contributed by atoms with van der Waals surface area (Å²) in [4.78, 5) is 31.7. The number of amides is 1. The molecule has 48 heavy (non-hydrogen) atoms. The number of nitrogens with zero attached hydrogens (tertiary/aromatic N) is 7. The number of halogens is 9. The molecular weight excluding hydrogens is 669 g/mol. The Morgan fingerprint density at radius 2 is 1.58 bits per heavy atom. The highest BCUT2D eigenvalue weighted by Gasteiger charge is 2.44. The van der Waals surface area contributed by atoms with Crippen LogP contribution in [0.3, 0.4) is 0 Å². The van der Waals surface area contributed by atoms with Gasteiger partial charge in [0.1, 0.15) is 12.3 Å². The fourth-order valence-corrected chi connectivity index (χ4v) is 5.01. The summed E-state index contributed by atoms with van der Waals surface area (Å²) in [7, 11) is 1.31. The normalized spacial score (nSPS) is 17.2. The summed E-state index contributed by atoms with van der Waals surface area (Å²) < 4.78 is 129. The Morgan fingerprint density at radius 1 is 0.979 bits per heavy atom. The lowest BCUT2D eigenvalue weighted by Gasteiger charge is -2.43. The number of aromatic nitrogens is 5. The molecule has 1 aliphatic heterocycles. The molecule has 0 radical (unpaired) electrons. The van der Waals surface area contributed by atoms with E-state index in [9.17, 15) is 54.2 Å². The minimum absolute atomic E-state index is 0.0657. The molecule has 4 rings (SSSR count). The Balaban J connectivity index is 1.90. The van der Waals surface area contributed by atoms with E-state index in [0.29, 0.717) is 18.2 Å². The topological polar surface area (TPSA) is 127 Å². The molecular formula is C28H28F9N7O4. The molecule has 3 aromatic rings. The van der Waals surface area contributed by atoms with Gasteiger partial charge in [0.2, 0.25) is 0 Å². The second-order valence-corrected chi connectivity index (χ2v) is 11.6. The number of hydrogen-bond acceptors (Lipinski definition) is 8. The van der Waals surface area contributed by atoms with Gasteiger partial charge in [-0.1, -0.05) is 12.0 Å². The van der Waals surface area contributed by atoms with Crippen molar-refractivity contribution in [2.75, 3.05) is 16.4 Å². The van der Waals surface area contributed by atoms with Crippen LogP contribution in [0.4, 0.5) is 55.9 Å². The number of hydrogen-bond donors (Lipinski definition) is 1. The molecule has 0 bridgehead atoms. The van der Waals surface area contributed by atoms with Crippen LogP contribution in [0.5, 0.6) is 0 Å². The Labute approximate surface area is 266 Å². The third-order valence-corrected chi connectivity index (χ3v) is 7.56. The second-order valence-electron chi connectivity index (χ2n) is 11.6. The van der Waals surface area contributed by atoms with Crippen LogP contribution in [0.1, 0.15) is 67.7 Å². The summed E-state index contributed by atoms with van der Waals surface area (Å²) in [6.45, 7) is 2.77. The smallest absolute Gasteiger partial charge is 0.433 e. The van der Waals surface area contributed by atoms with Crippen LogP contribution in [-0.4, -0.2) is 55.0 Å². The van der Waals surface area contributed by atoms with Gasteiger partial charge in [0, 0.05) is 12.6 Å². The molecule has 0 spiro atoms.